The first-order chi connectivity index (χ1) is 13.0. The number of anilines is 1. The summed E-state index contributed by atoms with van der Waals surface area (Å²) in [7, 11) is 0. The van der Waals surface area contributed by atoms with Crippen molar-refractivity contribution in [3.8, 4) is 17.6 Å². The molecule has 1 N–H and O–H groups in total. The third-order valence-corrected chi connectivity index (χ3v) is 3.07. The summed E-state index contributed by atoms with van der Waals surface area (Å²) in [5, 5.41) is 11.1. The highest BCUT2D eigenvalue weighted by Gasteiger charge is 2.10. The van der Waals surface area contributed by atoms with E-state index in [0.29, 0.717) is 17.0 Å². The van der Waals surface area contributed by atoms with Gasteiger partial charge in [-0.2, -0.15) is 14.0 Å². The van der Waals surface area contributed by atoms with E-state index in [2.05, 4.69) is 10.1 Å². The Balaban J connectivity index is 1.71. The molecule has 0 bridgehead atoms. The van der Waals surface area contributed by atoms with Crippen LogP contribution in [0.2, 0.25) is 0 Å². The smallest absolute Gasteiger partial charge is 0.387 e. The van der Waals surface area contributed by atoms with Crippen LogP contribution < -0.4 is 14.8 Å². The molecule has 0 aliphatic rings. The predicted octanol–water partition coefficient (Wildman–Crippen LogP) is 2.72. The molecule has 0 aliphatic heterocycles. The molecule has 0 aliphatic carbocycles. The quantitative estimate of drug-likeness (QED) is 0.712. The van der Waals surface area contributed by atoms with Gasteiger partial charge in [-0.25, -0.2) is 4.79 Å². The molecule has 0 spiro atoms. The van der Waals surface area contributed by atoms with Gasteiger partial charge in [0.1, 0.15) is 11.5 Å². The van der Waals surface area contributed by atoms with Crippen molar-refractivity contribution in [2.24, 2.45) is 0 Å². The van der Waals surface area contributed by atoms with Crippen LogP contribution in [0.1, 0.15) is 5.56 Å². The van der Waals surface area contributed by atoms with Crippen molar-refractivity contribution in [2.45, 2.75) is 6.61 Å². The van der Waals surface area contributed by atoms with Crippen LogP contribution in [0.3, 0.4) is 0 Å². The summed E-state index contributed by atoms with van der Waals surface area (Å²) in [4.78, 5) is 23.3. The van der Waals surface area contributed by atoms with E-state index in [1.807, 2.05) is 6.07 Å². The summed E-state index contributed by atoms with van der Waals surface area (Å²) >= 11 is 0. The highest BCUT2D eigenvalue weighted by atomic mass is 19.3. The van der Waals surface area contributed by atoms with Crippen molar-refractivity contribution in [3.63, 3.8) is 0 Å². The molecule has 0 aromatic heterocycles. The molecule has 2 aromatic rings. The van der Waals surface area contributed by atoms with Gasteiger partial charge in [0, 0.05) is 5.69 Å². The first-order valence-corrected chi connectivity index (χ1v) is 7.59. The van der Waals surface area contributed by atoms with Gasteiger partial charge in [0.05, 0.1) is 11.6 Å². The van der Waals surface area contributed by atoms with Gasteiger partial charge in [0.25, 0.3) is 5.91 Å². The second-order valence-corrected chi connectivity index (χ2v) is 5.04. The number of nitriles is 1. The first-order valence-electron chi connectivity index (χ1n) is 7.59. The Bertz CT molecular complexity index is 817. The summed E-state index contributed by atoms with van der Waals surface area (Å²) in [6.45, 7) is -3.87. The third kappa shape index (κ3) is 6.99. The fourth-order valence-electron chi connectivity index (χ4n) is 1.87. The first kappa shape index (κ1) is 19.7. The van der Waals surface area contributed by atoms with Crippen molar-refractivity contribution in [1.82, 2.24) is 0 Å². The molecule has 0 saturated carbocycles. The Morgan fingerprint density at radius 2 is 1.63 bits per heavy atom. The number of rotatable bonds is 8. The van der Waals surface area contributed by atoms with Gasteiger partial charge in [-0.05, 0) is 48.5 Å². The minimum absolute atomic E-state index is 0.0469. The lowest BCUT2D eigenvalue weighted by Gasteiger charge is -2.09. The normalized spacial score (nSPS) is 10.0. The monoisotopic (exact) mass is 376 g/mol. The van der Waals surface area contributed by atoms with Gasteiger partial charge in [-0.15, -0.1) is 0 Å². The number of benzene rings is 2. The zero-order chi connectivity index (χ0) is 19.6. The number of hydrogen-bond donors (Lipinski definition) is 1. The number of halogens is 2. The average molecular weight is 376 g/mol. The van der Waals surface area contributed by atoms with Crippen molar-refractivity contribution in [3.05, 3.63) is 54.1 Å². The lowest BCUT2D eigenvalue weighted by atomic mass is 10.2. The largest absolute Gasteiger partial charge is 0.482 e. The Morgan fingerprint density at radius 1 is 1.00 bits per heavy atom. The second-order valence-electron chi connectivity index (χ2n) is 5.04. The maximum atomic E-state index is 12.0. The van der Waals surface area contributed by atoms with Crippen LogP contribution >= 0.6 is 0 Å². The van der Waals surface area contributed by atoms with E-state index >= 15 is 0 Å². The molecule has 0 heterocycles. The van der Waals surface area contributed by atoms with Crippen LogP contribution in [-0.2, 0) is 14.3 Å². The zero-order valence-corrected chi connectivity index (χ0v) is 13.9. The molecule has 0 saturated heterocycles. The van der Waals surface area contributed by atoms with Gasteiger partial charge < -0.3 is 19.5 Å². The number of nitrogens with zero attached hydrogens (tertiary/aromatic N) is 1. The molecule has 0 unspecified atom stereocenters. The van der Waals surface area contributed by atoms with Gasteiger partial charge in [-0.1, -0.05) is 0 Å². The molecule has 2 aromatic carbocycles. The SMILES string of the molecule is N#Cc1ccc(OCC(=O)OCC(=O)Nc2ccc(OC(F)F)cc2)cc1. The zero-order valence-electron chi connectivity index (χ0n) is 13.9. The van der Waals surface area contributed by atoms with Crippen molar-refractivity contribution < 1.29 is 32.6 Å². The van der Waals surface area contributed by atoms with Crippen LogP contribution in [0.4, 0.5) is 14.5 Å². The number of esters is 1. The molecule has 0 atom stereocenters. The second kappa shape index (κ2) is 9.72. The van der Waals surface area contributed by atoms with Crippen LogP contribution in [0.15, 0.2) is 48.5 Å². The Hall–Kier alpha value is -3.67. The number of nitrogens with one attached hydrogen (secondary N) is 1. The highest BCUT2D eigenvalue weighted by molar-refractivity contribution is 5.92. The molecule has 140 valence electrons. The summed E-state index contributed by atoms with van der Waals surface area (Å²) in [5.74, 6) is -1.03. The number of ether oxygens (including phenoxy) is 3. The minimum atomic E-state index is -2.93. The molecule has 0 radical (unpaired) electrons. The molecule has 27 heavy (non-hydrogen) atoms. The Morgan fingerprint density at radius 3 is 2.22 bits per heavy atom. The van der Waals surface area contributed by atoms with E-state index in [1.54, 1.807) is 0 Å². The standard InChI is InChI=1S/C18H14F2N2O5/c19-18(20)27-15-7-3-13(4-8-15)22-16(23)10-26-17(24)11-25-14-5-1-12(9-21)2-6-14/h1-8,18H,10-11H2,(H,22,23). The summed E-state index contributed by atoms with van der Waals surface area (Å²) in [5.41, 5.74) is 0.780. The van der Waals surface area contributed by atoms with E-state index in [0.717, 1.165) is 0 Å². The van der Waals surface area contributed by atoms with Gasteiger partial charge in [0.2, 0.25) is 0 Å². The third-order valence-electron chi connectivity index (χ3n) is 3.07. The molecule has 0 fully saturated rings. The lowest BCUT2D eigenvalue weighted by molar-refractivity contribution is -0.149. The molecule has 9 heteroatoms. The summed E-state index contributed by atoms with van der Waals surface area (Å²) < 4.78 is 38.2. The number of amides is 1. The average Bonchev–Trinajstić information content (AvgIpc) is 2.66. The molecule has 1 amide bonds. The van der Waals surface area contributed by atoms with Crippen LogP contribution in [0, 0.1) is 11.3 Å². The van der Waals surface area contributed by atoms with Crippen molar-refractivity contribution in [1.29, 1.82) is 5.26 Å². The maximum absolute atomic E-state index is 12.0. The topological polar surface area (TPSA) is 97.6 Å². The molecular weight excluding hydrogens is 362 g/mol. The fraction of sp³-hybridized carbons (Fsp3) is 0.167. The summed E-state index contributed by atoms with van der Waals surface area (Å²) in [6, 6.07) is 13.3. The van der Waals surface area contributed by atoms with E-state index in [4.69, 9.17) is 14.7 Å². The fourth-order valence-corrected chi connectivity index (χ4v) is 1.87. The minimum Gasteiger partial charge on any atom is -0.482 e. The highest BCUT2D eigenvalue weighted by Crippen LogP contribution is 2.17. The van der Waals surface area contributed by atoms with Crippen LogP contribution in [-0.4, -0.2) is 31.7 Å². The van der Waals surface area contributed by atoms with Gasteiger partial charge in [-0.3, -0.25) is 4.79 Å². The van der Waals surface area contributed by atoms with Gasteiger partial charge in [0.15, 0.2) is 13.2 Å². The lowest BCUT2D eigenvalue weighted by Crippen LogP contribution is -2.23. The number of hydrogen-bond acceptors (Lipinski definition) is 6. The molecule has 7 nitrogen and oxygen atoms in total. The van der Waals surface area contributed by atoms with E-state index in [-0.39, 0.29) is 5.75 Å². The maximum Gasteiger partial charge on any atom is 0.387 e. The van der Waals surface area contributed by atoms with Crippen molar-refractivity contribution in [2.75, 3.05) is 18.5 Å². The number of alkyl halides is 2. The Labute approximate surface area is 153 Å². The predicted molar refractivity (Wildman–Crippen MR) is 89.3 cm³/mol. The molecule has 2 rings (SSSR count). The van der Waals surface area contributed by atoms with Crippen LogP contribution in [0.25, 0.3) is 0 Å². The van der Waals surface area contributed by atoms with E-state index in [9.17, 15) is 18.4 Å². The number of carbonyl (C=O) groups is 2. The number of carbonyl (C=O) groups excluding carboxylic acids is 2. The summed E-state index contributed by atoms with van der Waals surface area (Å²) in [6.07, 6.45) is 0. The van der Waals surface area contributed by atoms with Crippen molar-refractivity contribution >= 4 is 17.6 Å². The van der Waals surface area contributed by atoms with Crippen LogP contribution in [0.5, 0.6) is 11.5 Å². The van der Waals surface area contributed by atoms with E-state index in [1.165, 1.54) is 48.5 Å². The van der Waals surface area contributed by atoms with Gasteiger partial charge >= 0.3 is 12.6 Å². The molecular formula is C18H14F2N2O5. The Kier molecular flexibility index (Phi) is 7.07. The van der Waals surface area contributed by atoms with E-state index < -0.39 is 31.7 Å².